The SMILES string of the molecule is Cn1c(=O)c2c(nc(CN3CCOCC3)n2C)n(C)c1=O. The predicted octanol–water partition coefficient (Wildman–Crippen LogP) is -1.20. The van der Waals surface area contributed by atoms with E-state index < -0.39 is 0 Å². The van der Waals surface area contributed by atoms with Gasteiger partial charge in [0.05, 0.1) is 19.8 Å². The van der Waals surface area contributed by atoms with E-state index in [0.717, 1.165) is 23.5 Å². The van der Waals surface area contributed by atoms with Gasteiger partial charge < -0.3 is 9.30 Å². The second kappa shape index (κ2) is 5.12. The molecule has 114 valence electrons. The van der Waals surface area contributed by atoms with E-state index in [0.29, 0.717) is 30.9 Å². The quantitative estimate of drug-likeness (QED) is 0.695. The Morgan fingerprint density at radius 3 is 2.38 bits per heavy atom. The lowest BCUT2D eigenvalue weighted by atomic mass is 10.4. The molecule has 3 heterocycles. The summed E-state index contributed by atoms with van der Waals surface area (Å²) in [6.07, 6.45) is 0. The molecule has 0 aromatic carbocycles. The highest BCUT2D eigenvalue weighted by Crippen LogP contribution is 2.11. The van der Waals surface area contributed by atoms with Gasteiger partial charge in [0, 0.05) is 34.2 Å². The molecule has 0 N–H and O–H groups in total. The Balaban J connectivity index is 2.11. The van der Waals surface area contributed by atoms with E-state index in [1.54, 1.807) is 11.6 Å². The first kappa shape index (κ1) is 14.0. The van der Waals surface area contributed by atoms with Gasteiger partial charge in [0.25, 0.3) is 5.56 Å². The fraction of sp³-hybridized carbons (Fsp3) is 0.615. The van der Waals surface area contributed by atoms with Crippen molar-refractivity contribution in [1.29, 1.82) is 0 Å². The van der Waals surface area contributed by atoms with Gasteiger partial charge in [0.1, 0.15) is 5.82 Å². The van der Waals surface area contributed by atoms with E-state index in [1.165, 1.54) is 11.6 Å². The summed E-state index contributed by atoms with van der Waals surface area (Å²) in [4.78, 5) is 31.0. The van der Waals surface area contributed by atoms with Gasteiger partial charge in [-0.15, -0.1) is 0 Å². The molecule has 0 radical (unpaired) electrons. The third kappa shape index (κ3) is 2.20. The largest absolute Gasteiger partial charge is 0.379 e. The maximum atomic E-state index is 12.3. The third-order valence-corrected chi connectivity index (χ3v) is 4.04. The van der Waals surface area contributed by atoms with Crippen LogP contribution >= 0.6 is 0 Å². The second-order valence-corrected chi connectivity index (χ2v) is 5.35. The topological polar surface area (TPSA) is 74.3 Å². The molecule has 0 bridgehead atoms. The molecule has 1 fully saturated rings. The van der Waals surface area contributed by atoms with Gasteiger partial charge in [-0.2, -0.15) is 0 Å². The molecule has 0 atom stereocenters. The van der Waals surface area contributed by atoms with Crippen LogP contribution in [0.3, 0.4) is 0 Å². The standard InChI is InChI=1S/C13H19N5O3/c1-15-9(8-18-4-6-21-7-5-18)14-11-10(15)12(19)17(3)13(20)16(11)2/h4-8H2,1-3H3. The van der Waals surface area contributed by atoms with Crippen molar-refractivity contribution in [2.45, 2.75) is 6.54 Å². The maximum absolute atomic E-state index is 12.3. The minimum absolute atomic E-state index is 0.309. The summed E-state index contributed by atoms with van der Waals surface area (Å²) in [7, 11) is 4.94. The number of ether oxygens (including phenoxy) is 1. The van der Waals surface area contributed by atoms with Crippen LogP contribution in [0.15, 0.2) is 9.59 Å². The molecule has 1 aliphatic rings. The van der Waals surface area contributed by atoms with E-state index in [1.807, 2.05) is 7.05 Å². The van der Waals surface area contributed by atoms with Crippen molar-refractivity contribution in [2.75, 3.05) is 26.3 Å². The van der Waals surface area contributed by atoms with Crippen LogP contribution in [0.4, 0.5) is 0 Å². The summed E-state index contributed by atoms with van der Waals surface area (Å²) in [6.45, 7) is 3.76. The number of morpholine rings is 1. The summed E-state index contributed by atoms with van der Waals surface area (Å²) < 4.78 is 9.64. The summed E-state index contributed by atoms with van der Waals surface area (Å²) in [6, 6.07) is 0. The number of rotatable bonds is 2. The first-order chi connectivity index (χ1) is 10.0. The van der Waals surface area contributed by atoms with Gasteiger partial charge >= 0.3 is 5.69 Å². The smallest absolute Gasteiger partial charge is 0.332 e. The number of aryl methyl sites for hydroxylation is 2. The van der Waals surface area contributed by atoms with Gasteiger partial charge in [0.15, 0.2) is 11.2 Å². The number of nitrogens with zero attached hydrogens (tertiary/aromatic N) is 5. The van der Waals surface area contributed by atoms with Crippen LogP contribution in [0.1, 0.15) is 5.82 Å². The molecule has 21 heavy (non-hydrogen) atoms. The Bertz CT molecular complexity index is 795. The van der Waals surface area contributed by atoms with E-state index in [4.69, 9.17) is 4.74 Å². The minimum atomic E-state index is -0.358. The molecule has 8 heteroatoms. The normalized spacial score (nSPS) is 16.7. The molecule has 0 spiro atoms. The van der Waals surface area contributed by atoms with Crippen LogP contribution < -0.4 is 11.2 Å². The molecule has 3 rings (SSSR count). The van der Waals surface area contributed by atoms with Crippen LogP contribution in [0.2, 0.25) is 0 Å². The van der Waals surface area contributed by atoms with Crippen molar-refractivity contribution in [2.24, 2.45) is 21.1 Å². The maximum Gasteiger partial charge on any atom is 0.332 e. The van der Waals surface area contributed by atoms with Crippen LogP contribution in [-0.2, 0) is 32.4 Å². The lowest BCUT2D eigenvalue weighted by molar-refractivity contribution is 0.0327. The third-order valence-electron chi connectivity index (χ3n) is 4.04. The van der Waals surface area contributed by atoms with Crippen LogP contribution in [0.5, 0.6) is 0 Å². The molecule has 1 saturated heterocycles. The summed E-state index contributed by atoms with van der Waals surface area (Å²) in [5, 5.41) is 0. The lowest BCUT2D eigenvalue weighted by Gasteiger charge is -2.25. The molecule has 1 aliphatic heterocycles. The van der Waals surface area contributed by atoms with Gasteiger partial charge in [-0.1, -0.05) is 0 Å². The molecule has 8 nitrogen and oxygen atoms in total. The first-order valence-corrected chi connectivity index (χ1v) is 6.92. The zero-order valence-electron chi connectivity index (χ0n) is 12.5. The average molecular weight is 293 g/mol. The Labute approximate surface area is 121 Å². The summed E-state index contributed by atoms with van der Waals surface area (Å²) in [5.74, 6) is 0.783. The second-order valence-electron chi connectivity index (χ2n) is 5.35. The van der Waals surface area contributed by atoms with E-state index in [9.17, 15) is 9.59 Å². The highest BCUT2D eigenvalue weighted by Gasteiger charge is 2.19. The van der Waals surface area contributed by atoms with Crippen molar-refractivity contribution in [3.63, 3.8) is 0 Å². The monoisotopic (exact) mass is 293 g/mol. The molecule has 2 aromatic heterocycles. The van der Waals surface area contributed by atoms with Crippen molar-refractivity contribution >= 4 is 11.2 Å². The van der Waals surface area contributed by atoms with Gasteiger partial charge in [-0.3, -0.25) is 18.8 Å². The highest BCUT2D eigenvalue weighted by molar-refractivity contribution is 5.70. The average Bonchev–Trinajstić information content (AvgIpc) is 2.81. The molecule has 0 unspecified atom stereocenters. The van der Waals surface area contributed by atoms with E-state index in [-0.39, 0.29) is 11.2 Å². The fourth-order valence-electron chi connectivity index (χ4n) is 2.66. The number of hydrogen-bond donors (Lipinski definition) is 0. The fourth-order valence-corrected chi connectivity index (χ4v) is 2.66. The molecule has 0 saturated carbocycles. The molecule has 0 aliphatic carbocycles. The van der Waals surface area contributed by atoms with Crippen molar-refractivity contribution in [1.82, 2.24) is 23.6 Å². The molecule has 0 amide bonds. The van der Waals surface area contributed by atoms with Crippen molar-refractivity contribution < 1.29 is 4.74 Å². The molecular formula is C13H19N5O3. The molecule has 2 aromatic rings. The Morgan fingerprint density at radius 2 is 1.71 bits per heavy atom. The van der Waals surface area contributed by atoms with Gasteiger partial charge in [-0.05, 0) is 0 Å². The van der Waals surface area contributed by atoms with Gasteiger partial charge in [0.2, 0.25) is 0 Å². The Kier molecular flexibility index (Phi) is 3.42. The van der Waals surface area contributed by atoms with Gasteiger partial charge in [-0.25, -0.2) is 9.78 Å². The van der Waals surface area contributed by atoms with Crippen LogP contribution in [0.25, 0.3) is 11.2 Å². The molecular weight excluding hydrogens is 274 g/mol. The summed E-state index contributed by atoms with van der Waals surface area (Å²) in [5.41, 5.74) is 0.233. The van der Waals surface area contributed by atoms with E-state index in [2.05, 4.69) is 9.88 Å². The van der Waals surface area contributed by atoms with E-state index >= 15 is 0 Å². The number of imidazole rings is 1. The summed E-state index contributed by atoms with van der Waals surface area (Å²) >= 11 is 0. The predicted molar refractivity (Wildman–Crippen MR) is 77.3 cm³/mol. The zero-order valence-corrected chi connectivity index (χ0v) is 12.5. The van der Waals surface area contributed by atoms with Crippen LogP contribution in [0, 0.1) is 0 Å². The van der Waals surface area contributed by atoms with Crippen molar-refractivity contribution in [3.05, 3.63) is 26.7 Å². The first-order valence-electron chi connectivity index (χ1n) is 6.92. The lowest BCUT2D eigenvalue weighted by Crippen LogP contribution is -2.37. The van der Waals surface area contributed by atoms with Crippen LogP contribution in [-0.4, -0.2) is 49.9 Å². The minimum Gasteiger partial charge on any atom is -0.379 e. The Hall–Kier alpha value is -1.93. The number of aromatic nitrogens is 4. The highest BCUT2D eigenvalue weighted by atomic mass is 16.5. The Morgan fingerprint density at radius 1 is 1.05 bits per heavy atom. The van der Waals surface area contributed by atoms with Crippen molar-refractivity contribution in [3.8, 4) is 0 Å². The number of fused-ring (bicyclic) bond motifs is 1. The number of hydrogen-bond acceptors (Lipinski definition) is 5. The zero-order chi connectivity index (χ0) is 15.1.